The molecule has 1 heterocycles. The number of rotatable bonds is 7. The Morgan fingerprint density at radius 3 is 2.90 bits per heavy atom. The van der Waals surface area contributed by atoms with Crippen molar-refractivity contribution in [3.8, 4) is 5.75 Å². The van der Waals surface area contributed by atoms with Crippen LogP contribution >= 0.6 is 11.6 Å². The van der Waals surface area contributed by atoms with E-state index >= 15 is 0 Å². The molecule has 0 spiro atoms. The molecule has 0 atom stereocenters. The van der Waals surface area contributed by atoms with Crippen molar-refractivity contribution in [1.82, 2.24) is 9.97 Å². The van der Waals surface area contributed by atoms with Gasteiger partial charge >= 0.3 is 0 Å². The van der Waals surface area contributed by atoms with E-state index in [-0.39, 0.29) is 0 Å². The van der Waals surface area contributed by atoms with Crippen LogP contribution in [-0.4, -0.2) is 23.1 Å². The third-order valence-corrected chi connectivity index (χ3v) is 3.37. The molecule has 0 saturated heterocycles. The van der Waals surface area contributed by atoms with Gasteiger partial charge < -0.3 is 10.1 Å². The Hall–Kier alpha value is -1.81. The SMILES string of the molecule is CCCc1c(Cl)ncnc1NCCOc1cccc(C)c1. The summed E-state index contributed by atoms with van der Waals surface area (Å²) in [4.78, 5) is 8.28. The Morgan fingerprint density at radius 1 is 1.29 bits per heavy atom. The summed E-state index contributed by atoms with van der Waals surface area (Å²) < 4.78 is 5.70. The number of hydrogen-bond acceptors (Lipinski definition) is 4. The maximum absolute atomic E-state index is 6.11. The van der Waals surface area contributed by atoms with Crippen LogP contribution in [0.25, 0.3) is 0 Å². The van der Waals surface area contributed by atoms with Crippen LogP contribution in [0, 0.1) is 6.92 Å². The van der Waals surface area contributed by atoms with Crippen LogP contribution in [0.2, 0.25) is 5.15 Å². The molecule has 0 aliphatic rings. The predicted molar refractivity (Wildman–Crippen MR) is 86.2 cm³/mol. The summed E-state index contributed by atoms with van der Waals surface area (Å²) in [5.41, 5.74) is 2.16. The fourth-order valence-corrected chi connectivity index (χ4v) is 2.29. The Balaban J connectivity index is 1.87. The Labute approximate surface area is 130 Å². The van der Waals surface area contributed by atoms with E-state index in [2.05, 4.69) is 22.2 Å². The van der Waals surface area contributed by atoms with Crippen molar-refractivity contribution in [3.63, 3.8) is 0 Å². The first-order valence-electron chi connectivity index (χ1n) is 7.13. The minimum absolute atomic E-state index is 0.522. The van der Waals surface area contributed by atoms with E-state index in [1.165, 1.54) is 11.9 Å². The standard InChI is InChI=1S/C16H20ClN3O/c1-3-5-14-15(17)19-11-20-16(14)18-8-9-21-13-7-4-6-12(2)10-13/h4,6-7,10-11H,3,5,8-9H2,1-2H3,(H,18,19,20). The summed E-state index contributed by atoms with van der Waals surface area (Å²) in [5, 5.41) is 3.79. The summed E-state index contributed by atoms with van der Waals surface area (Å²) in [7, 11) is 0. The molecule has 1 N–H and O–H groups in total. The van der Waals surface area contributed by atoms with Gasteiger partial charge in [0.05, 0.1) is 6.54 Å². The van der Waals surface area contributed by atoms with Gasteiger partial charge in [-0.2, -0.15) is 0 Å². The third kappa shape index (κ3) is 4.60. The Morgan fingerprint density at radius 2 is 2.14 bits per heavy atom. The monoisotopic (exact) mass is 305 g/mol. The van der Waals surface area contributed by atoms with E-state index in [0.29, 0.717) is 18.3 Å². The number of anilines is 1. The van der Waals surface area contributed by atoms with Crippen molar-refractivity contribution in [2.24, 2.45) is 0 Å². The smallest absolute Gasteiger partial charge is 0.137 e. The molecule has 1 aromatic carbocycles. The number of nitrogens with one attached hydrogen (secondary N) is 1. The molecule has 0 aliphatic carbocycles. The summed E-state index contributed by atoms with van der Waals surface area (Å²) in [6.07, 6.45) is 3.34. The van der Waals surface area contributed by atoms with Crippen molar-refractivity contribution in [3.05, 3.63) is 46.9 Å². The third-order valence-electron chi connectivity index (χ3n) is 3.05. The van der Waals surface area contributed by atoms with Gasteiger partial charge in [0.15, 0.2) is 0 Å². The first kappa shape index (κ1) is 15.6. The van der Waals surface area contributed by atoms with Crippen LogP contribution in [0.15, 0.2) is 30.6 Å². The molecule has 112 valence electrons. The van der Waals surface area contributed by atoms with E-state index in [4.69, 9.17) is 16.3 Å². The van der Waals surface area contributed by atoms with Crippen LogP contribution in [0.1, 0.15) is 24.5 Å². The van der Waals surface area contributed by atoms with Gasteiger partial charge in [-0.15, -0.1) is 0 Å². The Bertz CT molecular complexity index is 589. The number of benzene rings is 1. The second kappa shape index (κ2) is 7.84. The van der Waals surface area contributed by atoms with E-state index in [9.17, 15) is 0 Å². The topological polar surface area (TPSA) is 47.0 Å². The maximum atomic E-state index is 6.11. The summed E-state index contributed by atoms with van der Waals surface area (Å²) >= 11 is 6.11. The maximum Gasteiger partial charge on any atom is 0.137 e. The average Bonchev–Trinajstić information content (AvgIpc) is 2.47. The molecule has 5 heteroatoms. The number of nitrogens with zero attached hydrogens (tertiary/aromatic N) is 2. The highest BCUT2D eigenvalue weighted by Gasteiger charge is 2.08. The molecule has 0 radical (unpaired) electrons. The molecule has 0 saturated carbocycles. The van der Waals surface area contributed by atoms with Crippen LogP contribution in [0.5, 0.6) is 5.75 Å². The predicted octanol–water partition coefficient (Wildman–Crippen LogP) is 3.88. The molecule has 4 nitrogen and oxygen atoms in total. The number of aromatic nitrogens is 2. The molecule has 2 rings (SSSR count). The quantitative estimate of drug-likeness (QED) is 0.623. The highest BCUT2D eigenvalue weighted by Crippen LogP contribution is 2.21. The average molecular weight is 306 g/mol. The lowest BCUT2D eigenvalue weighted by atomic mass is 10.2. The van der Waals surface area contributed by atoms with Crippen molar-refractivity contribution in [2.45, 2.75) is 26.7 Å². The Kier molecular flexibility index (Phi) is 5.81. The number of aryl methyl sites for hydroxylation is 1. The van der Waals surface area contributed by atoms with Gasteiger partial charge in [0.1, 0.15) is 29.7 Å². The van der Waals surface area contributed by atoms with Gasteiger partial charge in [-0.05, 0) is 31.0 Å². The molecule has 0 aliphatic heterocycles. The van der Waals surface area contributed by atoms with Gasteiger partial charge in [0, 0.05) is 5.56 Å². The molecule has 0 unspecified atom stereocenters. The first-order chi connectivity index (χ1) is 10.2. The van der Waals surface area contributed by atoms with E-state index in [1.54, 1.807) is 0 Å². The minimum Gasteiger partial charge on any atom is -0.492 e. The van der Waals surface area contributed by atoms with Crippen LogP contribution < -0.4 is 10.1 Å². The van der Waals surface area contributed by atoms with E-state index < -0.39 is 0 Å². The molecule has 2 aromatic rings. The molecule has 0 fully saturated rings. The normalized spacial score (nSPS) is 10.4. The highest BCUT2D eigenvalue weighted by atomic mass is 35.5. The van der Waals surface area contributed by atoms with Crippen molar-refractivity contribution in [1.29, 1.82) is 0 Å². The second-order valence-corrected chi connectivity index (χ2v) is 5.19. The molecule has 1 aromatic heterocycles. The lowest BCUT2D eigenvalue weighted by molar-refractivity contribution is 0.332. The van der Waals surface area contributed by atoms with E-state index in [0.717, 1.165) is 30.0 Å². The van der Waals surface area contributed by atoms with Gasteiger partial charge in [-0.25, -0.2) is 9.97 Å². The summed E-state index contributed by atoms with van der Waals surface area (Å²) in [6.45, 7) is 5.38. The number of ether oxygens (including phenoxy) is 1. The zero-order valence-electron chi connectivity index (χ0n) is 12.4. The van der Waals surface area contributed by atoms with Gasteiger partial charge in [-0.1, -0.05) is 37.1 Å². The van der Waals surface area contributed by atoms with Crippen molar-refractivity contribution >= 4 is 17.4 Å². The summed E-state index contributed by atoms with van der Waals surface area (Å²) in [6, 6.07) is 8.01. The van der Waals surface area contributed by atoms with Gasteiger partial charge in [0.25, 0.3) is 0 Å². The first-order valence-corrected chi connectivity index (χ1v) is 7.51. The molecule has 21 heavy (non-hydrogen) atoms. The minimum atomic E-state index is 0.522. The largest absolute Gasteiger partial charge is 0.492 e. The number of hydrogen-bond donors (Lipinski definition) is 1. The van der Waals surface area contributed by atoms with E-state index in [1.807, 2.05) is 31.2 Å². The second-order valence-electron chi connectivity index (χ2n) is 4.83. The van der Waals surface area contributed by atoms with Crippen LogP contribution in [0.4, 0.5) is 5.82 Å². The lowest BCUT2D eigenvalue weighted by Gasteiger charge is -2.12. The number of halogens is 1. The van der Waals surface area contributed by atoms with Gasteiger partial charge in [-0.3, -0.25) is 0 Å². The zero-order chi connectivity index (χ0) is 15.1. The van der Waals surface area contributed by atoms with Crippen molar-refractivity contribution in [2.75, 3.05) is 18.5 Å². The fraction of sp³-hybridized carbons (Fsp3) is 0.375. The molecular weight excluding hydrogens is 286 g/mol. The van der Waals surface area contributed by atoms with Crippen molar-refractivity contribution < 1.29 is 4.74 Å². The zero-order valence-corrected chi connectivity index (χ0v) is 13.2. The highest BCUT2D eigenvalue weighted by molar-refractivity contribution is 6.30. The lowest BCUT2D eigenvalue weighted by Crippen LogP contribution is -2.14. The molecule has 0 bridgehead atoms. The molecular formula is C16H20ClN3O. The summed E-state index contributed by atoms with van der Waals surface area (Å²) in [5.74, 6) is 1.68. The molecule has 0 amide bonds. The van der Waals surface area contributed by atoms with Crippen LogP contribution in [-0.2, 0) is 6.42 Å². The fourth-order valence-electron chi connectivity index (χ4n) is 2.06. The van der Waals surface area contributed by atoms with Crippen LogP contribution in [0.3, 0.4) is 0 Å². The van der Waals surface area contributed by atoms with Gasteiger partial charge in [0.2, 0.25) is 0 Å².